The van der Waals surface area contributed by atoms with Crippen LogP contribution in [-0.4, -0.2) is 25.1 Å². The van der Waals surface area contributed by atoms with E-state index in [1.54, 1.807) is 0 Å². The lowest BCUT2D eigenvalue weighted by atomic mass is 9.93. The van der Waals surface area contributed by atoms with Gasteiger partial charge in [-0.05, 0) is 63.6 Å². The Morgan fingerprint density at radius 1 is 1.17 bits per heavy atom. The third kappa shape index (κ3) is 4.96. The third-order valence-electron chi connectivity index (χ3n) is 5.03. The first-order valence-electron chi connectivity index (χ1n) is 9.03. The number of benzene rings is 1. The van der Waals surface area contributed by atoms with E-state index in [9.17, 15) is 4.79 Å². The Morgan fingerprint density at radius 3 is 2.70 bits per heavy atom. The van der Waals surface area contributed by atoms with Crippen LogP contribution >= 0.6 is 0 Å². The highest BCUT2D eigenvalue weighted by atomic mass is 16.5. The first-order valence-corrected chi connectivity index (χ1v) is 9.03. The zero-order valence-corrected chi connectivity index (χ0v) is 13.9. The SMILES string of the molecule is O=C(CCC1CCNCC1)NCc1ccccc1OC1CCC1. The fraction of sp³-hybridized carbons (Fsp3) is 0.632. The number of carbonyl (C=O) groups excluding carboxylic acids is 1. The zero-order chi connectivity index (χ0) is 15.9. The van der Waals surface area contributed by atoms with E-state index < -0.39 is 0 Å². The number of ether oxygens (including phenoxy) is 1. The van der Waals surface area contributed by atoms with Gasteiger partial charge in [-0.25, -0.2) is 0 Å². The molecule has 2 fully saturated rings. The van der Waals surface area contributed by atoms with Crippen LogP contribution in [-0.2, 0) is 11.3 Å². The first kappa shape index (κ1) is 16.3. The lowest BCUT2D eigenvalue weighted by Crippen LogP contribution is -2.29. The van der Waals surface area contributed by atoms with E-state index >= 15 is 0 Å². The molecule has 1 amide bonds. The highest BCUT2D eigenvalue weighted by Gasteiger charge is 2.20. The van der Waals surface area contributed by atoms with Gasteiger partial charge in [-0.15, -0.1) is 0 Å². The number of nitrogens with one attached hydrogen (secondary N) is 2. The molecule has 1 aromatic rings. The number of para-hydroxylation sites is 1. The number of rotatable bonds is 7. The van der Waals surface area contributed by atoms with Gasteiger partial charge in [-0.2, -0.15) is 0 Å². The van der Waals surface area contributed by atoms with Gasteiger partial charge >= 0.3 is 0 Å². The minimum absolute atomic E-state index is 0.155. The molecule has 0 unspecified atom stereocenters. The summed E-state index contributed by atoms with van der Waals surface area (Å²) in [5, 5.41) is 6.42. The topological polar surface area (TPSA) is 50.4 Å². The van der Waals surface area contributed by atoms with Gasteiger partial charge in [0.15, 0.2) is 0 Å². The molecular weight excluding hydrogens is 288 g/mol. The van der Waals surface area contributed by atoms with Crippen LogP contribution in [0.15, 0.2) is 24.3 Å². The van der Waals surface area contributed by atoms with Crippen LogP contribution in [0.4, 0.5) is 0 Å². The highest BCUT2D eigenvalue weighted by molar-refractivity contribution is 5.75. The van der Waals surface area contributed by atoms with E-state index in [4.69, 9.17) is 4.74 Å². The minimum atomic E-state index is 0.155. The molecule has 1 aromatic carbocycles. The Balaban J connectivity index is 1.42. The number of piperidine rings is 1. The summed E-state index contributed by atoms with van der Waals surface area (Å²) in [5.74, 6) is 1.79. The highest BCUT2D eigenvalue weighted by Crippen LogP contribution is 2.27. The summed E-state index contributed by atoms with van der Waals surface area (Å²) in [6, 6.07) is 8.05. The fourth-order valence-corrected chi connectivity index (χ4v) is 3.22. The monoisotopic (exact) mass is 316 g/mol. The lowest BCUT2D eigenvalue weighted by molar-refractivity contribution is -0.121. The molecule has 126 valence electrons. The summed E-state index contributed by atoms with van der Waals surface area (Å²) in [6.45, 7) is 2.75. The standard InChI is InChI=1S/C19H28N2O2/c22-19(9-8-15-10-12-20-13-11-15)21-14-16-4-1-2-7-18(16)23-17-5-3-6-17/h1-2,4,7,15,17,20H,3,5-6,8-14H2,(H,21,22). The van der Waals surface area contributed by atoms with Crippen LogP contribution in [0.3, 0.4) is 0 Å². The van der Waals surface area contributed by atoms with Gasteiger partial charge in [-0.3, -0.25) is 4.79 Å². The molecule has 1 aliphatic heterocycles. The molecule has 0 spiro atoms. The van der Waals surface area contributed by atoms with Crippen molar-refractivity contribution in [3.63, 3.8) is 0 Å². The van der Waals surface area contributed by atoms with Crippen LogP contribution < -0.4 is 15.4 Å². The summed E-state index contributed by atoms with van der Waals surface area (Å²) in [6.07, 6.45) is 7.97. The Morgan fingerprint density at radius 2 is 1.96 bits per heavy atom. The van der Waals surface area contributed by atoms with Crippen LogP contribution in [0.5, 0.6) is 5.75 Å². The second-order valence-electron chi connectivity index (χ2n) is 6.79. The largest absolute Gasteiger partial charge is 0.490 e. The van der Waals surface area contributed by atoms with Gasteiger partial charge in [0, 0.05) is 18.5 Å². The van der Waals surface area contributed by atoms with Gasteiger partial charge in [0.25, 0.3) is 0 Å². The maximum absolute atomic E-state index is 12.1. The fourth-order valence-electron chi connectivity index (χ4n) is 3.22. The molecule has 0 bridgehead atoms. The second-order valence-corrected chi connectivity index (χ2v) is 6.79. The molecule has 1 saturated heterocycles. The molecule has 3 rings (SSSR count). The van der Waals surface area contributed by atoms with Gasteiger partial charge in [0.1, 0.15) is 5.75 Å². The predicted molar refractivity (Wildman–Crippen MR) is 91.4 cm³/mol. The maximum atomic E-state index is 12.1. The van der Waals surface area contributed by atoms with Crippen LogP contribution in [0.1, 0.15) is 50.5 Å². The number of hydrogen-bond donors (Lipinski definition) is 2. The Labute approximate surface area is 139 Å². The number of carbonyl (C=O) groups is 1. The van der Waals surface area contributed by atoms with E-state index in [1.165, 1.54) is 19.3 Å². The second kappa shape index (κ2) is 8.34. The first-order chi connectivity index (χ1) is 11.3. The van der Waals surface area contributed by atoms with E-state index in [0.717, 1.165) is 43.7 Å². The normalized spacial score (nSPS) is 19.1. The third-order valence-corrected chi connectivity index (χ3v) is 5.03. The molecule has 4 nitrogen and oxygen atoms in total. The van der Waals surface area contributed by atoms with Crippen molar-refractivity contribution in [2.45, 2.75) is 57.6 Å². The number of hydrogen-bond acceptors (Lipinski definition) is 3. The molecule has 23 heavy (non-hydrogen) atoms. The van der Waals surface area contributed by atoms with E-state index in [2.05, 4.69) is 10.6 Å². The molecule has 1 heterocycles. The molecule has 1 saturated carbocycles. The maximum Gasteiger partial charge on any atom is 0.220 e. The van der Waals surface area contributed by atoms with Crippen molar-refractivity contribution >= 4 is 5.91 Å². The predicted octanol–water partition coefficient (Wildman–Crippen LogP) is 3.01. The van der Waals surface area contributed by atoms with Crippen molar-refractivity contribution in [1.29, 1.82) is 0 Å². The van der Waals surface area contributed by atoms with E-state index in [0.29, 0.717) is 25.0 Å². The molecule has 0 aromatic heterocycles. The van der Waals surface area contributed by atoms with Gasteiger partial charge < -0.3 is 15.4 Å². The van der Waals surface area contributed by atoms with Crippen LogP contribution in [0.2, 0.25) is 0 Å². The van der Waals surface area contributed by atoms with Crippen molar-refractivity contribution in [2.24, 2.45) is 5.92 Å². The molecule has 1 aliphatic carbocycles. The van der Waals surface area contributed by atoms with Crippen LogP contribution in [0.25, 0.3) is 0 Å². The quantitative estimate of drug-likeness (QED) is 0.813. The van der Waals surface area contributed by atoms with E-state index in [-0.39, 0.29) is 5.91 Å². The smallest absolute Gasteiger partial charge is 0.220 e. The molecule has 2 aliphatic rings. The van der Waals surface area contributed by atoms with Crippen molar-refractivity contribution in [3.05, 3.63) is 29.8 Å². The van der Waals surface area contributed by atoms with Gasteiger partial charge in [0.05, 0.1) is 6.10 Å². The summed E-state index contributed by atoms with van der Waals surface area (Å²) in [7, 11) is 0. The van der Waals surface area contributed by atoms with Crippen molar-refractivity contribution < 1.29 is 9.53 Å². The molecule has 4 heteroatoms. The number of amides is 1. The van der Waals surface area contributed by atoms with Crippen molar-refractivity contribution in [1.82, 2.24) is 10.6 Å². The van der Waals surface area contributed by atoms with E-state index in [1.807, 2.05) is 24.3 Å². The van der Waals surface area contributed by atoms with Crippen molar-refractivity contribution in [3.8, 4) is 5.75 Å². The van der Waals surface area contributed by atoms with Gasteiger partial charge in [0.2, 0.25) is 5.91 Å². The summed E-state index contributed by atoms with van der Waals surface area (Å²) >= 11 is 0. The Kier molecular flexibility index (Phi) is 5.92. The molecule has 0 radical (unpaired) electrons. The summed E-state index contributed by atoms with van der Waals surface area (Å²) in [5.41, 5.74) is 1.08. The molecular formula is C19H28N2O2. The lowest BCUT2D eigenvalue weighted by Gasteiger charge is -2.27. The summed E-state index contributed by atoms with van der Waals surface area (Å²) < 4.78 is 6.01. The summed E-state index contributed by atoms with van der Waals surface area (Å²) in [4.78, 5) is 12.1. The minimum Gasteiger partial charge on any atom is -0.490 e. The molecule has 0 atom stereocenters. The zero-order valence-electron chi connectivity index (χ0n) is 13.9. The molecule has 2 N–H and O–H groups in total. The average Bonchev–Trinajstić information content (AvgIpc) is 2.56. The van der Waals surface area contributed by atoms with Crippen LogP contribution in [0, 0.1) is 5.92 Å². The van der Waals surface area contributed by atoms with Gasteiger partial charge in [-0.1, -0.05) is 18.2 Å². The average molecular weight is 316 g/mol. The van der Waals surface area contributed by atoms with Crippen molar-refractivity contribution in [2.75, 3.05) is 13.1 Å². The Hall–Kier alpha value is -1.55. The Bertz CT molecular complexity index is 508.